The maximum Gasteiger partial charge on any atom is 0.391 e. The van der Waals surface area contributed by atoms with Gasteiger partial charge in [0.1, 0.15) is 29.4 Å². The Morgan fingerprint density at radius 3 is 2.49 bits per heavy atom. The number of methoxy groups -OCH3 is 2. The summed E-state index contributed by atoms with van der Waals surface area (Å²) in [6, 6.07) is 14.3. The summed E-state index contributed by atoms with van der Waals surface area (Å²) in [5.41, 5.74) is 1.83. The summed E-state index contributed by atoms with van der Waals surface area (Å²) in [6.07, 6.45) is -2.84. The van der Waals surface area contributed by atoms with Crippen molar-refractivity contribution in [2.75, 3.05) is 31.7 Å². The molecule has 0 N–H and O–H groups in total. The van der Waals surface area contributed by atoms with Crippen LogP contribution in [0.4, 0.5) is 22.7 Å². The lowest BCUT2D eigenvalue weighted by molar-refractivity contribution is -0.192. The van der Waals surface area contributed by atoms with E-state index < -0.39 is 34.0 Å². The molecule has 0 bridgehead atoms. The van der Waals surface area contributed by atoms with Gasteiger partial charge in [-0.2, -0.15) is 17.5 Å². The number of aromatic nitrogens is 2. The number of hydrogen-bond donors (Lipinski definition) is 0. The van der Waals surface area contributed by atoms with E-state index in [4.69, 9.17) is 14.2 Å². The molecule has 0 amide bonds. The van der Waals surface area contributed by atoms with Crippen molar-refractivity contribution in [2.45, 2.75) is 49.0 Å². The molecule has 2 aliphatic rings. The molecular formula is C32H32F4N4O5S2. The molecule has 1 saturated heterocycles. The van der Waals surface area contributed by atoms with Crippen LogP contribution in [-0.2, 0) is 16.6 Å². The predicted molar refractivity (Wildman–Crippen MR) is 167 cm³/mol. The average molecular weight is 693 g/mol. The first kappa shape index (κ1) is 33.0. The molecule has 250 valence electrons. The number of piperidine rings is 1. The lowest BCUT2D eigenvalue weighted by Crippen LogP contribution is -2.44. The van der Waals surface area contributed by atoms with Crippen LogP contribution >= 0.6 is 11.5 Å². The van der Waals surface area contributed by atoms with Gasteiger partial charge in [0.15, 0.2) is 0 Å². The van der Waals surface area contributed by atoms with Crippen molar-refractivity contribution in [3.63, 3.8) is 0 Å². The lowest BCUT2D eigenvalue weighted by atomic mass is 9.84. The van der Waals surface area contributed by atoms with Crippen molar-refractivity contribution in [3.8, 4) is 17.2 Å². The van der Waals surface area contributed by atoms with Gasteiger partial charge in [0.25, 0.3) is 10.0 Å². The maximum absolute atomic E-state index is 14.2. The summed E-state index contributed by atoms with van der Waals surface area (Å²) in [5, 5.41) is 0.147. The van der Waals surface area contributed by atoms with E-state index in [0.717, 1.165) is 15.8 Å². The highest BCUT2D eigenvalue weighted by Gasteiger charge is 2.46. The Hall–Kier alpha value is -3.95. The van der Waals surface area contributed by atoms with Crippen LogP contribution in [0.1, 0.15) is 48.0 Å². The van der Waals surface area contributed by atoms with E-state index in [-0.39, 0.29) is 48.6 Å². The number of halogens is 4. The standard InChI is InChI=1S/C32H32F4N4O5S2/c1-43-24-8-5-21(29(16-24)44-2)18-40(31-37-19-38-46-31)47(41,42)25-9-10-26-27(12-14-45-30(26)17-25)39-13-11-22(32(34,35)36)15-28(39)20-3-6-23(33)7-4-20/h3-10,16-17,19,22,27-28H,11-15,18H2,1-2H3/t22-,27+,28-/m1/s1. The van der Waals surface area contributed by atoms with Gasteiger partial charge in [0, 0.05) is 53.3 Å². The van der Waals surface area contributed by atoms with Gasteiger partial charge in [-0.25, -0.2) is 22.1 Å². The predicted octanol–water partition coefficient (Wildman–Crippen LogP) is 6.93. The van der Waals surface area contributed by atoms with Gasteiger partial charge in [-0.1, -0.05) is 18.2 Å². The van der Waals surface area contributed by atoms with Gasteiger partial charge >= 0.3 is 6.18 Å². The molecular weight excluding hydrogens is 661 g/mol. The summed E-state index contributed by atoms with van der Waals surface area (Å²) in [6.45, 7) is 0.281. The Labute approximate surface area is 273 Å². The third kappa shape index (κ3) is 6.74. The zero-order valence-electron chi connectivity index (χ0n) is 25.5. The first-order valence-electron chi connectivity index (χ1n) is 14.8. The SMILES string of the molecule is COc1ccc(CN(c2ncns2)S(=O)(=O)c2ccc3c(c2)OCC[C@@H]3N2CC[C@@H](C(F)(F)F)C[C@@H]2c2ccc(F)cc2)c(OC)c1. The minimum absolute atomic E-state index is 0.0505. The van der Waals surface area contributed by atoms with E-state index in [9.17, 15) is 26.0 Å². The van der Waals surface area contributed by atoms with Crippen molar-refractivity contribution in [1.82, 2.24) is 14.3 Å². The molecule has 1 aromatic heterocycles. The number of alkyl halides is 3. The fourth-order valence-corrected chi connectivity index (χ4v) is 8.46. The van der Waals surface area contributed by atoms with Gasteiger partial charge in [-0.3, -0.25) is 4.90 Å². The Balaban J connectivity index is 1.34. The Kier molecular flexibility index (Phi) is 9.31. The van der Waals surface area contributed by atoms with Crippen molar-refractivity contribution in [2.24, 2.45) is 5.92 Å². The second kappa shape index (κ2) is 13.3. The van der Waals surface area contributed by atoms with Gasteiger partial charge in [-0.05, 0) is 55.3 Å². The van der Waals surface area contributed by atoms with E-state index in [1.807, 2.05) is 4.90 Å². The van der Waals surface area contributed by atoms with Crippen LogP contribution < -0.4 is 18.5 Å². The first-order valence-corrected chi connectivity index (χ1v) is 17.1. The zero-order chi connectivity index (χ0) is 33.3. The highest BCUT2D eigenvalue weighted by Crippen LogP contribution is 2.48. The van der Waals surface area contributed by atoms with Crippen LogP contribution in [0.15, 0.2) is 71.9 Å². The molecule has 6 rings (SSSR count). The highest BCUT2D eigenvalue weighted by atomic mass is 32.2. The van der Waals surface area contributed by atoms with Crippen molar-refractivity contribution in [3.05, 3.63) is 89.5 Å². The molecule has 3 aromatic carbocycles. The quantitative estimate of drug-likeness (QED) is 0.175. The topological polar surface area (TPSA) is 94.1 Å². The summed E-state index contributed by atoms with van der Waals surface area (Å²) >= 11 is 0.920. The number of rotatable bonds is 9. The van der Waals surface area contributed by atoms with Crippen molar-refractivity contribution in [1.29, 1.82) is 0 Å². The molecule has 9 nitrogen and oxygen atoms in total. The summed E-state index contributed by atoms with van der Waals surface area (Å²) in [5.74, 6) is -0.660. The average Bonchev–Trinajstić information content (AvgIpc) is 3.61. The van der Waals surface area contributed by atoms with Gasteiger partial charge in [0.2, 0.25) is 5.13 Å². The van der Waals surface area contributed by atoms with Crippen molar-refractivity contribution >= 4 is 26.7 Å². The summed E-state index contributed by atoms with van der Waals surface area (Å²) in [4.78, 5) is 6.13. The number of fused-ring (bicyclic) bond motifs is 1. The Bertz CT molecular complexity index is 1810. The molecule has 2 aliphatic heterocycles. The Morgan fingerprint density at radius 1 is 1.02 bits per heavy atom. The molecule has 0 unspecified atom stereocenters. The maximum atomic E-state index is 14.2. The third-order valence-corrected chi connectivity index (χ3v) is 11.3. The molecule has 3 heterocycles. The van der Waals surface area contributed by atoms with Gasteiger partial charge in [0.05, 0.1) is 38.2 Å². The number of anilines is 1. The molecule has 0 spiro atoms. The number of benzene rings is 3. The number of ether oxygens (including phenoxy) is 3. The molecule has 1 fully saturated rings. The van der Waals surface area contributed by atoms with Crippen LogP contribution in [0, 0.1) is 11.7 Å². The number of likely N-dealkylation sites (tertiary alicyclic amines) is 1. The second-order valence-electron chi connectivity index (χ2n) is 11.3. The van der Waals surface area contributed by atoms with E-state index in [1.165, 1.54) is 56.9 Å². The minimum Gasteiger partial charge on any atom is -0.497 e. The summed E-state index contributed by atoms with van der Waals surface area (Å²) < 4.78 is 106. The minimum atomic E-state index is -4.35. The van der Waals surface area contributed by atoms with Crippen LogP contribution in [0.5, 0.6) is 17.2 Å². The van der Waals surface area contributed by atoms with Crippen LogP contribution in [0.3, 0.4) is 0 Å². The molecule has 15 heteroatoms. The van der Waals surface area contributed by atoms with Crippen LogP contribution in [0.25, 0.3) is 0 Å². The molecule has 47 heavy (non-hydrogen) atoms. The van der Waals surface area contributed by atoms with Crippen LogP contribution in [0.2, 0.25) is 0 Å². The molecule has 0 saturated carbocycles. The van der Waals surface area contributed by atoms with Crippen LogP contribution in [-0.4, -0.2) is 56.2 Å². The smallest absolute Gasteiger partial charge is 0.391 e. The van der Waals surface area contributed by atoms with E-state index in [2.05, 4.69) is 9.36 Å². The molecule has 0 aliphatic carbocycles. The lowest BCUT2D eigenvalue weighted by Gasteiger charge is -2.46. The zero-order valence-corrected chi connectivity index (χ0v) is 27.1. The van der Waals surface area contributed by atoms with E-state index >= 15 is 0 Å². The normalized spacial score (nSPS) is 20.3. The molecule has 4 aromatic rings. The summed E-state index contributed by atoms with van der Waals surface area (Å²) in [7, 11) is -1.23. The Morgan fingerprint density at radius 2 is 1.81 bits per heavy atom. The first-order chi connectivity index (χ1) is 22.5. The highest BCUT2D eigenvalue weighted by molar-refractivity contribution is 7.93. The van der Waals surface area contributed by atoms with Gasteiger partial charge in [-0.15, -0.1) is 0 Å². The second-order valence-corrected chi connectivity index (χ2v) is 14.0. The third-order valence-electron chi connectivity index (χ3n) is 8.71. The van der Waals surface area contributed by atoms with E-state index in [0.29, 0.717) is 40.4 Å². The largest absolute Gasteiger partial charge is 0.497 e. The number of nitrogens with zero attached hydrogens (tertiary/aromatic N) is 4. The van der Waals surface area contributed by atoms with E-state index in [1.54, 1.807) is 24.3 Å². The van der Waals surface area contributed by atoms with Gasteiger partial charge < -0.3 is 14.2 Å². The number of sulfonamides is 1. The monoisotopic (exact) mass is 692 g/mol. The molecule has 0 radical (unpaired) electrons. The fourth-order valence-electron chi connectivity index (χ4n) is 6.32. The fraction of sp³-hybridized carbons (Fsp3) is 0.375. The molecule has 3 atom stereocenters. The van der Waals surface area contributed by atoms with Crippen molar-refractivity contribution < 1.29 is 40.2 Å². The number of hydrogen-bond acceptors (Lipinski definition) is 9.